The summed E-state index contributed by atoms with van der Waals surface area (Å²) in [7, 11) is 0. The number of carbonyl (C=O) groups is 3. The lowest BCUT2D eigenvalue weighted by atomic mass is 10.1. The highest BCUT2D eigenvalue weighted by Gasteiger charge is 2.32. The van der Waals surface area contributed by atoms with Crippen molar-refractivity contribution >= 4 is 29.1 Å². The summed E-state index contributed by atoms with van der Waals surface area (Å²) in [6.07, 6.45) is 0. The number of benzene rings is 1. The summed E-state index contributed by atoms with van der Waals surface area (Å²) >= 11 is 0. The van der Waals surface area contributed by atoms with Gasteiger partial charge in [-0.15, -0.1) is 0 Å². The zero-order valence-electron chi connectivity index (χ0n) is 10.7. The van der Waals surface area contributed by atoms with E-state index in [1.54, 1.807) is 0 Å². The third kappa shape index (κ3) is 2.29. The van der Waals surface area contributed by atoms with Crippen molar-refractivity contribution in [1.29, 1.82) is 0 Å². The van der Waals surface area contributed by atoms with Gasteiger partial charge in [0.25, 0.3) is 0 Å². The number of amides is 3. The molecule has 0 saturated carbocycles. The minimum absolute atomic E-state index is 0.0790. The van der Waals surface area contributed by atoms with Crippen LogP contribution < -0.4 is 16.0 Å². The summed E-state index contributed by atoms with van der Waals surface area (Å²) < 4.78 is 0. The first-order valence-electron chi connectivity index (χ1n) is 6.34. The maximum Gasteiger partial charge on any atom is 0.247 e. The quantitative estimate of drug-likeness (QED) is 0.594. The van der Waals surface area contributed by atoms with Crippen LogP contribution in [0.15, 0.2) is 24.3 Å². The number of fused-ring (bicyclic) bond motifs is 1. The van der Waals surface area contributed by atoms with Crippen molar-refractivity contribution in [1.82, 2.24) is 10.2 Å². The van der Waals surface area contributed by atoms with Crippen LogP contribution in [0, 0.1) is 0 Å². The average molecular weight is 274 g/mol. The van der Waals surface area contributed by atoms with Crippen LogP contribution in [0.5, 0.6) is 0 Å². The lowest BCUT2D eigenvalue weighted by Gasteiger charge is -2.33. The molecule has 20 heavy (non-hydrogen) atoms. The van der Waals surface area contributed by atoms with Crippen LogP contribution >= 0.6 is 0 Å². The molecule has 1 aromatic rings. The number of hydrogen-bond acceptors (Lipinski definition) is 5. The number of hydrogen-bond donors (Lipinski definition) is 3. The molecule has 104 valence electrons. The molecule has 1 aromatic carbocycles. The topological polar surface area (TPSA) is 90.5 Å². The largest absolute Gasteiger partial charge is 0.381 e. The Morgan fingerprint density at radius 2 is 1.75 bits per heavy atom. The van der Waals surface area contributed by atoms with Crippen molar-refractivity contribution in [3.05, 3.63) is 24.3 Å². The van der Waals surface area contributed by atoms with Crippen molar-refractivity contribution < 1.29 is 14.4 Å². The van der Waals surface area contributed by atoms with E-state index < -0.39 is 17.9 Å². The summed E-state index contributed by atoms with van der Waals surface area (Å²) in [5, 5.41) is 8.46. The number of carbonyl (C=O) groups excluding carboxylic acids is 3. The SMILES string of the molecule is O=C1CN(C(=O)C2CNc3ccccc3N2)CC(=O)N1. The van der Waals surface area contributed by atoms with E-state index in [4.69, 9.17) is 0 Å². The first-order chi connectivity index (χ1) is 9.63. The summed E-state index contributed by atoms with van der Waals surface area (Å²) in [6, 6.07) is 7.08. The van der Waals surface area contributed by atoms with Crippen molar-refractivity contribution in [3.8, 4) is 0 Å². The molecule has 3 amide bonds. The van der Waals surface area contributed by atoms with Gasteiger partial charge in [0.2, 0.25) is 17.7 Å². The van der Waals surface area contributed by atoms with Crippen molar-refractivity contribution in [3.63, 3.8) is 0 Å². The normalized spacial score (nSPS) is 21.4. The predicted octanol–water partition coefficient (Wildman–Crippen LogP) is -0.622. The first-order valence-corrected chi connectivity index (χ1v) is 6.34. The van der Waals surface area contributed by atoms with Crippen molar-refractivity contribution in [2.45, 2.75) is 6.04 Å². The Morgan fingerprint density at radius 1 is 1.10 bits per heavy atom. The fourth-order valence-electron chi connectivity index (χ4n) is 2.38. The van der Waals surface area contributed by atoms with Gasteiger partial charge in [-0.1, -0.05) is 12.1 Å². The van der Waals surface area contributed by atoms with E-state index in [1.807, 2.05) is 24.3 Å². The molecule has 1 saturated heterocycles. The van der Waals surface area contributed by atoms with Crippen LogP contribution in [0.4, 0.5) is 11.4 Å². The van der Waals surface area contributed by atoms with E-state index >= 15 is 0 Å². The second kappa shape index (κ2) is 4.84. The van der Waals surface area contributed by atoms with Crippen molar-refractivity contribution in [2.24, 2.45) is 0 Å². The Morgan fingerprint density at radius 3 is 2.45 bits per heavy atom. The van der Waals surface area contributed by atoms with E-state index in [1.165, 1.54) is 4.90 Å². The number of para-hydroxylation sites is 2. The molecule has 0 radical (unpaired) electrons. The van der Waals surface area contributed by atoms with Gasteiger partial charge >= 0.3 is 0 Å². The van der Waals surface area contributed by atoms with E-state index in [9.17, 15) is 14.4 Å². The molecule has 2 aliphatic heterocycles. The molecule has 2 heterocycles. The molecule has 3 N–H and O–H groups in total. The fourth-order valence-corrected chi connectivity index (χ4v) is 2.38. The van der Waals surface area contributed by atoms with Crippen LogP contribution in [0.3, 0.4) is 0 Å². The lowest BCUT2D eigenvalue weighted by Crippen LogP contribution is -2.57. The highest BCUT2D eigenvalue weighted by Crippen LogP contribution is 2.25. The van der Waals surface area contributed by atoms with Gasteiger partial charge in [-0.2, -0.15) is 0 Å². The van der Waals surface area contributed by atoms with Crippen molar-refractivity contribution in [2.75, 3.05) is 30.3 Å². The van der Waals surface area contributed by atoms with E-state index in [-0.39, 0.29) is 19.0 Å². The molecule has 2 aliphatic rings. The van der Waals surface area contributed by atoms with Gasteiger partial charge in [0.15, 0.2) is 0 Å². The average Bonchev–Trinajstić information content (AvgIpc) is 2.45. The molecule has 1 atom stereocenters. The number of nitrogens with zero attached hydrogens (tertiary/aromatic N) is 1. The number of rotatable bonds is 1. The number of anilines is 2. The highest BCUT2D eigenvalue weighted by molar-refractivity contribution is 6.03. The molecule has 3 rings (SSSR count). The van der Waals surface area contributed by atoms with Crippen LogP contribution in [-0.4, -0.2) is 48.3 Å². The third-order valence-electron chi connectivity index (χ3n) is 3.31. The predicted molar refractivity (Wildman–Crippen MR) is 72.1 cm³/mol. The summed E-state index contributed by atoms with van der Waals surface area (Å²) in [5.74, 6) is -1.15. The smallest absolute Gasteiger partial charge is 0.247 e. The van der Waals surface area contributed by atoms with Crippen LogP contribution in [0.25, 0.3) is 0 Å². The summed E-state index contributed by atoms with van der Waals surface area (Å²) in [4.78, 5) is 36.2. The Bertz CT molecular complexity index is 571. The molecule has 0 aromatic heterocycles. The molecule has 1 unspecified atom stereocenters. The molecule has 0 aliphatic carbocycles. The third-order valence-corrected chi connectivity index (χ3v) is 3.31. The van der Waals surface area contributed by atoms with E-state index in [0.29, 0.717) is 6.54 Å². The Labute approximate surface area is 115 Å². The Kier molecular flexibility index (Phi) is 3.02. The monoisotopic (exact) mass is 274 g/mol. The highest BCUT2D eigenvalue weighted by atomic mass is 16.2. The number of nitrogens with one attached hydrogen (secondary N) is 3. The zero-order chi connectivity index (χ0) is 14.1. The van der Waals surface area contributed by atoms with Gasteiger partial charge in [0.1, 0.15) is 19.1 Å². The van der Waals surface area contributed by atoms with Gasteiger partial charge < -0.3 is 15.5 Å². The second-order valence-electron chi connectivity index (χ2n) is 4.79. The van der Waals surface area contributed by atoms with Gasteiger partial charge in [0, 0.05) is 6.54 Å². The number of imide groups is 1. The summed E-state index contributed by atoms with van der Waals surface area (Å²) in [6.45, 7) is 0.261. The molecule has 1 fully saturated rings. The first kappa shape index (κ1) is 12.5. The van der Waals surface area contributed by atoms with Gasteiger partial charge in [-0.05, 0) is 12.1 Å². The Balaban J connectivity index is 1.73. The molecule has 0 spiro atoms. The Hall–Kier alpha value is -2.57. The maximum absolute atomic E-state index is 12.3. The van der Waals surface area contributed by atoms with Crippen LogP contribution in [0.2, 0.25) is 0 Å². The minimum atomic E-state index is -0.483. The number of piperazine rings is 1. The summed E-state index contributed by atoms with van der Waals surface area (Å²) in [5.41, 5.74) is 1.77. The molecular weight excluding hydrogens is 260 g/mol. The molecular formula is C13H14N4O3. The van der Waals surface area contributed by atoms with Crippen LogP contribution in [-0.2, 0) is 14.4 Å². The van der Waals surface area contributed by atoms with Gasteiger partial charge in [0.05, 0.1) is 11.4 Å². The molecule has 7 nitrogen and oxygen atoms in total. The van der Waals surface area contributed by atoms with E-state index in [2.05, 4.69) is 16.0 Å². The lowest BCUT2D eigenvalue weighted by molar-refractivity contribution is -0.145. The van der Waals surface area contributed by atoms with Gasteiger partial charge in [-0.25, -0.2) is 0 Å². The second-order valence-corrected chi connectivity index (χ2v) is 4.79. The van der Waals surface area contributed by atoms with Crippen LogP contribution in [0.1, 0.15) is 0 Å². The molecule has 7 heteroatoms. The maximum atomic E-state index is 12.3. The standard InChI is InChI=1S/C13H14N4O3/c18-11-6-17(7-12(19)16-11)13(20)10-5-14-8-3-1-2-4-9(8)15-10/h1-4,10,14-15H,5-7H2,(H,16,18,19). The molecule has 0 bridgehead atoms. The fraction of sp³-hybridized carbons (Fsp3) is 0.308. The van der Waals surface area contributed by atoms with E-state index in [0.717, 1.165) is 11.4 Å². The van der Waals surface area contributed by atoms with Gasteiger partial charge in [-0.3, -0.25) is 19.7 Å². The zero-order valence-corrected chi connectivity index (χ0v) is 10.7. The minimum Gasteiger partial charge on any atom is -0.381 e.